The molecule has 2 N–H and O–H groups in total. The number of rotatable bonds is 3. The van der Waals surface area contributed by atoms with Crippen molar-refractivity contribution in [2.24, 2.45) is 0 Å². The molecule has 0 saturated heterocycles. The number of hydrogen-bond donors (Lipinski definition) is 1. The third kappa shape index (κ3) is 2.93. The second kappa shape index (κ2) is 5.69. The van der Waals surface area contributed by atoms with Crippen LogP contribution in [0.1, 0.15) is 15.9 Å². The third-order valence-electron chi connectivity index (χ3n) is 2.96. The Labute approximate surface area is 115 Å². The molecule has 0 heterocycles. The van der Waals surface area contributed by atoms with Gasteiger partial charge in [0, 0.05) is 24.7 Å². The van der Waals surface area contributed by atoms with E-state index in [9.17, 15) is 13.6 Å². The van der Waals surface area contributed by atoms with Crippen molar-refractivity contribution in [2.45, 2.75) is 6.54 Å². The zero-order chi connectivity index (χ0) is 14.7. The molecule has 0 unspecified atom stereocenters. The topological polar surface area (TPSA) is 46.3 Å². The first-order valence-electron chi connectivity index (χ1n) is 6.03. The average Bonchev–Trinajstić information content (AvgIpc) is 2.43. The molecule has 5 heteroatoms. The van der Waals surface area contributed by atoms with Crippen molar-refractivity contribution < 1.29 is 13.6 Å². The summed E-state index contributed by atoms with van der Waals surface area (Å²) in [6, 6.07) is 10.1. The number of anilines is 1. The van der Waals surface area contributed by atoms with Crippen LogP contribution in [0.3, 0.4) is 0 Å². The van der Waals surface area contributed by atoms with Crippen LogP contribution in [0.2, 0.25) is 0 Å². The van der Waals surface area contributed by atoms with E-state index in [-0.39, 0.29) is 23.6 Å². The number of halogens is 2. The number of nitrogen functional groups attached to an aromatic ring is 1. The fourth-order valence-corrected chi connectivity index (χ4v) is 1.83. The van der Waals surface area contributed by atoms with Gasteiger partial charge < -0.3 is 10.6 Å². The van der Waals surface area contributed by atoms with Gasteiger partial charge >= 0.3 is 0 Å². The Bertz CT molecular complexity index is 644. The van der Waals surface area contributed by atoms with Gasteiger partial charge in [-0.25, -0.2) is 8.78 Å². The number of amides is 1. The van der Waals surface area contributed by atoms with E-state index in [1.165, 1.54) is 30.1 Å². The molecule has 0 radical (unpaired) electrons. The lowest BCUT2D eigenvalue weighted by Crippen LogP contribution is -2.26. The normalized spacial score (nSPS) is 10.3. The van der Waals surface area contributed by atoms with E-state index in [0.717, 1.165) is 6.07 Å². The highest BCUT2D eigenvalue weighted by molar-refractivity contribution is 5.94. The summed E-state index contributed by atoms with van der Waals surface area (Å²) in [5, 5.41) is 0. The molecule has 0 bridgehead atoms. The van der Waals surface area contributed by atoms with Crippen molar-refractivity contribution in [2.75, 3.05) is 12.8 Å². The van der Waals surface area contributed by atoms with Crippen LogP contribution >= 0.6 is 0 Å². The Morgan fingerprint density at radius 1 is 1.15 bits per heavy atom. The van der Waals surface area contributed by atoms with Gasteiger partial charge in [0.05, 0.1) is 5.69 Å². The summed E-state index contributed by atoms with van der Waals surface area (Å²) in [4.78, 5) is 13.4. The minimum absolute atomic E-state index is 0.0155. The molecule has 0 fully saturated rings. The van der Waals surface area contributed by atoms with Gasteiger partial charge in [0.1, 0.15) is 11.6 Å². The maximum absolute atomic E-state index is 13.5. The van der Waals surface area contributed by atoms with E-state index >= 15 is 0 Å². The number of nitrogens with zero attached hydrogens (tertiary/aromatic N) is 1. The maximum Gasteiger partial charge on any atom is 0.254 e. The van der Waals surface area contributed by atoms with Gasteiger partial charge in [-0.3, -0.25) is 4.79 Å². The predicted molar refractivity (Wildman–Crippen MR) is 73.0 cm³/mol. The minimum Gasteiger partial charge on any atom is -0.396 e. The summed E-state index contributed by atoms with van der Waals surface area (Å²) in [6.07, 6.45) is 0. The van der Waals surface area contributed by atoms with Gasteiger partial charge in [0.2, 0.25) is 0 Å². The first-order chi connectivity index (χ1) is 9.49. The Kier molecular flexibility index (Phi) is 3.98. The Hall–Kier alpha value is -2.43. The highest BCUT2D eigenvalue weighted by atomic mass is 19.1. The zero-order valence-corrected chi connectivity index (χ0v) is 10.9. The molecule has 2 aromatic carbocycles. The monoisotopic (exact) mass is 276 g/mol. The lowest BCUT2D eigenvalue weighted by molar-refractivity contribution is 0.0783. The highest BCUT2D eigenvalue weighted by Crippen LogP contribution is 2.15. The van der Waals surface area contributed by atoms with Crippen LogP contribution in [0, 0.1) is 11.6 Å². The molecule has 0 aliphatic carbocycles. The Morgan fingerprint density at radius 2 is 1.85 bits per heavy atom. The second-order valence-electron chi connectivity index (χ2n) is 4.49. The van der Waals surface area contributed by atoms with Gasteiger partial charge in [-0.2, -0.15) is 0 Å². The van der Waals surface area contributed by atoms with Crippen LogP contribution in [0.15, 0.2) is 42.5 Å². The smallest absolute Gasteiger partial charge is 0.254 e. The first kappa shape index (κ1) is 14.0. The van der Waals surface area contributed by atoms with Gasteiger partial charge in [0.15, 0.2) is 0 Å². The fraction of sp³-hybridized carbons (Fsp3) is 0.133. The van der Waals surface area contributed by atoms with Crippen molar-refractivity contribution >= 4 is 11.6 Å². The van der Waals surface area contributed by atoms with Crippen molar-refractivity contribution in [1.82, 2.24) is 4.90 Å². The molecule has 2 aromatic rings. The average molecular weight is 276 g/mol. The number of nitrogens with two attached hydrogens (primary N) is 1. The molecule has 104 valence electrons. The van der Waals surface area contributed by atoms with E-state index in [4.69, 9.17) is 5.73 Å². The van der Waals surface area contributed by atoms with Crippen LogP contribution in [0.5, 0.6) is 0 Å². The lowest BCUT2D eigenvalue weighted by Gasteiger charge is -2.18. The summed E-state index contributed by atoms with van der Waals surface area (Å²) in [5.41, 5.74) is 5.92. The molecule has 0 aromatic heterocycles. The number of carbonyl (C=O) groups excluding carboxylic acids is 1. The molecule has 20 heavy (non-hydrogen) atoms. The largest absolute Gasteiger partial charge is 0.396 e. The van der Waals surface area contributed by atoms with Gasteiger partial charge in [-0.05, 0) is 24.3 Å². The van der Waals surface area contributed by atoms with Crippen molar-refractivity contribution in [3.05, 3.63) is 65.2 Å². The summed E-state index contributed by atoms with van der Waals surface area (Å²) in [6.45, 7) is 0.109. The van der Waals surface area contributed by atoms with Crippen molar-refractivity contribution in [3.63, 3.8) is 0 Å². The second-order valence-corrected chi connectivity index (χ2v) is 4.49. The first-order valence-corrected chi connectivity index (χ1v) is 6.03. The summed E-state index contributed by atoms with van der Waals surface area (Å²) >= 11 is 0. The predicted octanol–water partition coefficient (Wildman–Crippen LogP) is 2.82. The molecule has 0 saturated carbocycles. The van der Waals surface area contributed by atoms with Crippen molar-refractivity contribution in [1.29, 1.82) is 0 Å². The third-order valence-corrected chi connectivity index (χ3v) is 2.96. The molecule has 1 amide bonds. The molecule has 2 rings (SSSR count). The fourth-order valence-electron chi connectivity index (χ4n) is 1.83. The number of carbonyl (C=O) groups is 1. The zero-order valence-electron chi connectivity index (χ0n) is 10.9. The van der Waals surface area contributed by atoms with Crippen LogP contribution in [-0.2, 0) is 6.54 Å². The van der Waals surface area contributed by atoms with Gasteiger partial charge in [-0.15, -0.1) is 0 Å². The van der Waals surface area contributed by atoms with E-state index in [2.05, 4.69) is 0 Å². The maximum atomic E-state index is 13.5. The van der Waals surface area contributed by atoms with Gasteiger partial charge in [-0.1, -0.05) is 18.2 Å². The molecular formula is C15H14F2N2O. The standard InChI is InChI=1S/C15H14F2N2O/c1-19(9-11-4-2-3-5-12(11)16)15(20)10-6-7-14(18)13(17)8-10/h2-8H,9,18H2,1H3. The molecular weight excluding hydrogens is 262 g/mol. The van der Waals surface area contributed by atoms with E-state index in [1.54, 1.807) is 18.2 Å². The van der Waals surface area contributed by atoms with Crippen LogP contribution in [0.4, 0.5) is 14.5 Å². The van der Waals surface area contributed by atoms with E-state index < -0.39 is 11.7 Å². The number of hydrogen-bond acceptors (Lipinski definition) is 2. The summed E-state index contributed by atoms with van der Waals surface area (Å²) < 4.78 is 26.9. The minimum atomic E-state index is -0.643. The molecule has 0 aliphatic heterocycles. The van der Waals surface area contributed by atoms with Crippen molar-refractivity contribution in [3.8, 4) is 0 Å². The lowest BCUT2D eigenvalue weighted by atomic mass is 10.1. The SMILES string of the molecule is CN(Cc1ccccc1F)C(=O)c1ccc(N)c(F)c1. The Balaban J connectivity index is 2.16. The molecule has 0 spiro atoms. The summed E-state index contributed by atoms with van der Waals surface area (Å²) in [7, 11) is 1.53. The van der Waals surface area contributed by atoms with Crippen LogP contribution in [0.25, 0.3) is 0 Å². The molecule has 3 nitrogen and oxygen atoms in total. The van der Waals surface area contributed by atoms with E-state index in [0.29, 0.717) is 5.56 Å². The van der Waals surface area contributed by atoms with E-state index in [1.807, 2.05) is 0 Å². The number of benzene rings is 2. The molecule has 0 atom stereocenters. The van der Waals surface area contributed by atoms with Gasteiger partial charge in [0.25, 0.3) is 5.91 Å². The summed E-state index contributed by atoms with van der Waals surface area (Å²) in [5.74, 6) is -1.42. The molecule has 0 aliphatic rings. The van der Waals surface area contributed by atoms with Crippen LogP contribution < -0.4 is 5.73 Å². The highest BCUT2D eigenvalue weighted by Gasteiger charge is 2.15. The Morgan fingerprint density at radius 3 is 2.50 bits per heavy atom. The quantitative estimate of drug-likeness (QED) is 0.876. The van der Waals surface area contributed by atoms with Crippen LogP contribution in [-0.4, -0.2) is 17.9 Å².